The summed E-state index contributed by atoms with van der Waals surface area (Å²) in [4.78, 5) is 3.93. The van der Waals surface area contributed by atoms with Crippen LogP contribution in [-0.2, 0) is 4.74 Å². The van der Waals surface area contributed by atoms with Gasteiger partial charge in [-0.1, -0.05) is 12.1 Å². The first-order valence-electron chi connectivity index (χ1n) is 4.59. The number of benzene rings is 1. The number of aliphatic imine (C=N–C) groups is 1. The first-order valence-corrected chi connectivity index (χ1v) is 5.39. The van der Waals surface area contributed by atoms with E-state index in [9.17, 15) is 0 Å². The van der Waals surface area contributed by atoms with E-state index >= 15 is 0 Å². The lowest BCUT2D eigenvalue weighted by Gasteiger charge is -2.12. The lowest BCUT2D eigenvalue weighted by molar-refractivity contribution is 0.141. The van der Waals surface area contributed by atoms with Crippen molar-refractivity contribution in [1.29, 1.82) is 0 Å². The summed E-state index contributed by atoms with van der Waals surface area (Å²) in [5.41, 5.74) is 5.39. The van der Waals surface area contributed by atoms with Gasteiger partial charge in [0, 0.05) is 0 Å². The molecule has 0 saturated carbocycles. The fourth-order valence-corrected chi connectivity index (χ4v) is 1.67. The molecule has 4 nitrogen and oxygen atoms in total. The third kappa shape index (κ3) is 3.28. The highest BCUT2D eigenvalue weighted by Gasteiger charge is 2.18. The second kappa shape index (κ2) is 5.96. The van der Waals surface area contributed by atoms with Gasteiger partial charge >= 0.3 is 0 Å². The number of nitrogens with two attached hydrogens (primary N) is 1. The van der Waals surface area contributed by atoms with Gasteiger partial charge in [0.2, 0.25) is 0 Å². The Morgan fingerprint density at radius 1 is 1.50 bits per heavy atom. The predicted molar refractivity (Wildman–Crippen MR) is 68.2 cm³/mol. The van der Waals surface area contributed by atoms with E-state index in [1.165, 1.54) is 0 Å². The van der Waals surface area contributed by atoms with Crippen molar-refractivity contribution in [1.82, 2.24) is 0 Å². The average molecular weight is 308 g/mol. The topological polar surface area (TPSA) is 56.8 Å². The summed E-state index contributed by atoms with van der Waals surface area (Å²) in [6, 6.07) is 7.92. The van der Waals surface area contributed by atoms with Crippen LogP contribution >= 0.6 is 28.3 Å². The molecule has 16 heavy (non-hydrogen) atoms. The summed E-state index contributed by atoms with van der Waals surface area (Å²) in [6.07, 6.45) is -0.0721. The Labute approximate surface area is 108 Å². The molecule has 6 heteroatoms. The normalized spacial score (nSPS) is 18.3. The second-order valence-electron chi connectivity index (χ2n) is 3.16. The van der Waals surface area contributed by atoms with Crippen molar-refractivity contribution >= 4 is 34.4 Å². The van der Waals surface area contributed by atoms with Crippen LogP contribution < -0.4 is 10.5 Å². The summed E-state index contributed by atoms with van der Waals surface area (Å²) < 4.78 is 11.7. The van der Waals surface area contributed by atoms with Crippen LogP contribution in [-0.4, -0.2) is 25.3 Å². The maximum absolute atomic E-state index is 5.57. The van der Waals surface area contributed by atoms with E-state index in [-0.39, 0.29) is 24.5 Å². The number of halogens is 2. The maximum atomic E-state index is 5.57. The Balaban J connectivity index is 0.00000128. The number of rotatable bonds is 3. The van der Waals surface area contributed by atoms with Gasteiger partial charge in [-0.2, -0.15) is 0 Å². The van der Waals surface area contributed by atoms with E-state index in [4.69, 9.17) is 15.2 Å². The third-order valence-corrected chi connectivity index (χ3v) is 2.65. The van der Waals surface area contributed by atoms with Gasteiger partial charge in [0.25, 0.3) is 6.02 Å². The summed E-state index contributed by atoms with van der Waals surface area (Å²) >= 11 is 3.40. The second-order valence-corrected chi connectivity index (χ2v) is 4.01. The van der Waals surface area contributed by atoms with E-state index in [0.29, 0.717) is 13.2 Å². The first-order chi connectivity index (χ1) is 7.25. The minimum absolute atomic E-state index is 0. The van der Waals surface area contributed by atoms with Gasteiger partial charge in [0.1, 0.15) is 12.4 Å². The van der Waals surface area contributed by atoms with Crippen LogP contribution in [0.25, 0.3) is 0 Å². The lowest BCUT2D eigenvalue weighted by atomic mass is 10.3. The Morgan fingerprint density at radius 3 is 2.88 bits per heavy atom. The van der Waals surface area contributed by atoms with Crippen molar-refractivity contribution in [2.75, 3.05) is 13.2 Å². The monoisotopic (exact) mass is 306 g/mol. The molecule has 0 aliphatic carbocycles. The molecular formula is C10H12BrClN2O2. The number of nitrogens with zero attached hydrogens (tertiary/aromatic N) is 1. The van der Waals surface area contributed by atoms with E-state index < -0.39 is 0 Å². The molecule has 0 radical (unpaired) electrons. The minimum atomic E-state index is -0.0721. The Bertz CT molecular complexity index is 387. The van der Waals surface area contributed by atoms with Crippen LogP contribution in [0.1, 0.15) is 0 Å². The first kappa shape index (κ1) is 13.1. The molecule has 88 valence electrons. The van der Waals surface area contributed by atoms with Gasteiger partial charge in [-0.05, 0) is 28.1 Å². The summed E-state index contributed by atoms with van der Waals surface area (Å²) in [5.74, 6) is 0.798. The van der Waals surface area contributed by atoms with Gasteiger partial charge in [0.15, 0.2) is 6.10 Å². The molecule has 1 atom stereocenters. The van der Waals surface area contributed by atoms with Crippen molar-refractivity contribution < 1.29 is 9.47 Å². The van der Waals surface area contributed by atoms with E-state index in [0.717, 1.165) is 10.2 Å². The third-order valence-electron chi connectivity index (χ3n) is 2.00. The van der Waals surface area contributed by atoms with E-state index in [1.807, 2.05) is 24.3 Å². The van der Waals surface area contributed by atoms with Crippen LogP contribution in [0.2, 0.25) is 0 Å². The van der Waals surface area contributed by atoms with Gasteiger partial charge in [-0.15, -0.1) is 12.4 Å². The molecule has 1 heterocycles. The number of amidine groups is 1. The van der Waals surface area contributed by atoms with Crippen LogP contribution in [0, 0.1) is 0 Å². The largest absolute Gasteiger partial charge is 0.488 e. The lowest BCUT2D eigenvalue weighted by Crippen LogP contribution is -2.24. The van der Waals surface area contributed by atoms with Crippen molar-refractivity contribution in [3.63, 3.8) is 0 Å². The van der Waals surface area contributed by atoms with Gasteiger partial charge < -0.3 is 15.2 Å². The molecule has 1 aromatic rings. The molecule has 2 rings (SSSR count). The zero-order valence-electron chi connectivity index (χ0n) is 8.43. The van der Waals surface area contributed by atoms with Crippen molar-refractivity contribution in [2.24, 2.45) is 10.7 Å². The fourth-order valence-electron chi connectivity index (χ4n) is 1.27. The van der Waals surface area contributed by atoms with E-state index in [1.54, 1.807) is 0 Å². The SMILES string of the molecule is Cl.NC1=NCC(COc2ccccc2Br)O1. The fraction of sp³-hybridized carbons (Fsp3) is 0.300. The van der Waals surface area contributed by atoms with Crippen LogP contribution in [0.3, 0.4) is 0 Å². The average Bonchev–Trinajstić information content (AvgIpc) is 2.63. The highest BCUT2D eigenvalue weighted by Crippen LogP contribution is 2.24. The molecule has 0 saturated heterocycles. The molecule has 0 aromatic heterocycles. The van der Waals surface area contributed by atoms with E-state index in [2.05, 4.69) is 20.9 Å². The van der Waals surface area contributed by atoms with Crippen molar-refractivity contribution in [3.05, 3.63) is 28.7 Å². The molecule has 1 aliphatic rings. The maximum Gasteiger partial charge on any atom is 0.282 e. The van der Waals surface area contributed by atoms with Crippen molar-refractivity contribution in [3.8, 4) is 5.75 Å². The number of para-hydroxylation sites is 1. The highest BCUT2D eigenvalue weighted by atomic mass is 79.9. The molecule has 0 amide bonds. The van der Waals surface area contributed by atoms with Crippen LogP contribution in [0.15, 0.2) is 33.7 Å². The number of hydrogen-bond acceptors (Lipinski definition) is 4. The van der Waals surface area contributed by atoms with Crippen LogP contribution in [0.4, 0.5) is 0 Å². The molecule has 1 unspecified atom stereocenters. The molecule has 0 spiro atoms. The Morgan fingerprint density at radius 2 is 2.25 bits per heavy atom. The number of ether oxygens (including phenoxy) is 2. The Hall–Kier alpha value is -0.940. The molecule has 1 aromatic carbocycles. The quantitative estimate of drug-likeness (QED) is 0.929. The minimum Gasteiger partial charge on any atom is -0.488 e. The molecule has 1 aliphatic heterocycles. The molecule has 0 fully saturated rings. The van der Waals surface area contributed by atoms with Gasteiger partial charge in [0.05, 0.1) is 11.0 Å². The predicted octanol–water partition coefficient (Wildman–Crippen LogP) is 1.96. The molecule has 2 N–H and O–H groups in total. The highest BCUT2D eigenvalue weighted by molar-refractivity contribution is 9.10. The molecule has 0 bridgehead atoms. The smallest absolute Gasteiger partial charge is 0.282 e. The molecular weight excluding hydrogens is 295 g/mol. The zero-order chi connectivity index (χ0) is 10.7. The Kier molecular flexibility index (Phi) is 4.89. The standard InChI is InChI=1S/C10H11BrN2O2.ClH/c11-8-3-1-2-4-9(8)14-6-7-5-13-10(12)15-7;/h1-4,7H,5-6H2,(H2,12,13);1H. The summed E-state index contributed by atoms with van der Waals surface area (Å²) in [7, 11) is 0. The van der Waals surface area contributed by atoms with Crippen LogP contribution in [0.5, 0.6) is 5.75 Å². The number of hydrogen-bond donors (Lipinski definition) is 1. The summed E-state index contributed by atoms with van der Waals surface area (Å²) in [5, 5.41) is 0. The van der Waals surface area contributed by atoms with Gasteiger partial charge in [-0.25, -0.2) is 4.99 Å². The summed E-state index contributed by atoms with van der Waals surface area (Å²) in [6.45, 7) is 1.02. The van der Waals surface area contributed by atoms with Gasteiger partial charge in [-0.3, -0.25) is 0 Å². The van der Waals surface area contributed by atoms with Crippen molar-refractivity contribution in [2.45, 2.75) is 6.10 Å². The zero-order valence-corrected chi connectivity index (χ0v) is 10.8.